The third kappa shape index (κ3) is 3.05. The van der Waals surface area contributed by atoms with E-state index < -0.39 is 0 Å². The van der Waals surface area contributed by atoms with Crippen molar-refractivity contribution < 1.29 is 4.79 Å². The minimum absolute atomic E-state index is 0.0952. The second-order valence-corrected chi connectivity index (χ2v) is 5.18. The highest BCUT2D eigenvalue weighted by Crippen LogP contribution is 2.23. The van der Waals surface area contributed by atoms with Crippen molar-refractivity contribution in [3.05, 3.63) is 34.9 Å². The first-order valence-electron chi connectivity index (χ1n) is 5.66. The Hall–Kier alpha value is -1.46. The number of nitrogens with one attached hydrogen (secondary N) is 1. The van der Waals surface area contributed by atoms with Gasteiger partial charge < -0.3 is 11.1 Å². The number of hydrogen-bond acceptors (Lipinski definition) is 3. The van der Waals surface area contributed by atoms with Gasteiger partial charge in [-0.25, -0.2) is 0 Å². The van der Waals surface area contributed by atoms with Gasteiger partial charge in [-0.2, -0.15) is 0 Å². The molecule has 2 aromatic rings. The Kier molecular flexibility index (Phi) is 3.93. The molecule has 94 valence electrons. The molecule has 0 saturated heterocycles. The number of para-hydroxylation sites is 1. The van der Waals surface area contributed by atoms with E-state index in [9.17, 15) is 4.79 Å². The number of amides is 1. The van der Waals surface area contributed by atoms with Crippen molar-refractivity contribution in [2.75, 3.05) is 5.32 Å². The number of carbonyl (C=O) groups is 1. The van der Waals surface area contributed by atoms with Crippen molar-refractivity contribution in [1.82, 2.24) is 4.98 Å². The average Bonchev–Trinajstić information content (AvgIpc) is 2.27. The van der Waals surface area contributed by atoms with Crippen molar-refractivity contribution in [3.63, 3.8) is 0 Å². The van der Waals surface area contributed by atoms with E-state index in [1.54, 1.807) is 13.1 Å². The molecule has 0 aliphatic carbocycles. The van der Waals surface area contributed by atoms with Crippen LogP contribution in [-0.2, 0) is 4.79 Å². The third-order valence-electron chi connectivity index (χ3n) is 2.46. The largest absolute Gasteiger partial charge is 0.327 e. The maximum Gasteiger partial charge on any atom is 0.225 e. The molecule has 4 nitrogen and oxygen atoms in total. The predicted octanol–water partition coefficient (Wildman–Crippen LogP) is 2.67. The molecule has 1 aromatic carbocycles. The number of carbonyl (C=O) groups excluding carboxylic acids is 1. The Labute approximate surface area is 114 Å². The SMILES string of the molecule is CC(N)CC(=O)Nc1cccc2cc(Br)cnc12. The predicted molar refractivity (Wildman–Crippen MR) is 76.3 cm³/mol. The van der Waals surface area contributed by atoms with E-state index in [1.165, 1.54) is 0 Å². The van der Waals surface area contributed by atoms with Gasteiger partial charge in [0.1, 0.15) is 0 Å². The number of nitrogens with zero attached hydrogens (tertiary/aromatic N) is 1. The Morgan fingerprint density at radius 1 is 1.56 bits per heavy atom. The average molecular weight is 308 g/mol. The molecule has 1 unspecified atom stereocenters. The summed E-state index contributed by atoms with van der Waals surface area (Å²) in [5, 5.41) is 3.81. The number of fused-ring (bicyclic) bond motifs is 1. The maximum absolute atomic E-state index is 11.7. The topological polar surface area (TPSA) is 68.0 Å². The highest BCUT2D eigenvalue weighted by molar-refractivity contribution is 9.10. The van der Waals surface area contributed by atoms with Crippen LogP contribution in [0.4, 0.5) is 5.69 Å². The number of benzene rings is 1. The van der Waals surface area contributed by atoms with Gasteiger partial charge in [-0.3, -0.25) is 9.78 Å². The lowest BCUT2D eigenvalue weighted by molar-refractivity contribution is -0.116. The Morgan fingerprint density at radius 3 is 3.06 bits per heavy atom. The molecule has 0 bridgehead atoms. The first-order valence-corrected chi connectivity index (χ1v) is 6.45. The minimum Gasteiger partial charge on any atom is -0.327 e. The van der Waals surface area contributed by atoms with E-state index in [0.29, 0.717) is 12.1 Å². The summed E-state index contributed by atoms with van der Waals surface area (Å²) in [6.07, 6.45) is 2.01. The highest BCUT2D eigenvalue weighted by Gasteiger charge is 2.08. The van der Waals surface area contributed by atoms with Crippen molar-refractivity contribution in [2.24, 2.45) is 5.73 Å². The fourth-order valence-electron chi connectivity index (χ4n) is 1.73. The summed E-state index contributed by atoms with van der Waals surface area (Å²) in [7, 11) is 0. The number of anilines is 1. The molecular weight excluding hydrogens is 294 g/mol. The number of pyridine rings is 1. The van der Waals surface area contributed by atoms with Crippen LogP contribution in [0.15, 0.2) is 34.9 Å². The molecule has 1 heterocycles. The van der Waals surface area contributed by atoms with Crippen LogP contribution in [0.25, 0.3) is 10.9 Å². The minimum atomic E-state index is -0.151. The van der Waals surface area contributed by atoms with Gasteiger partial charge in [0.05, 0.1) is 11.2 Å². The Bertz CT molecular complexity index is 583. The van der Waals surface area contributed by atoms with Crippen molar-refractivity contribution in [1.29, 1.82) is 0 Å². The van der Waals surface area contributed by atoms with Crippen LogP contribution in [-0.4, -0.2) is 16.9 Å². The van der Waals surface area contributed by atoms with E-state index in [1.807, 2.05) is 24.3 Å². The molecule has 1 atom stereocenters. The second-order valence-electron chi connectivity index (χ2n) is 4.26. The van der Waals surface area contributed by atoms with Gasteiger partial charge in [0.25, 0.3) is 0 Å². The summed E-state index contributed by atoms with van der Waals surface area (Å²) in [6, 6.07) is 7.49. The van der Waals surface area contributed by atoms with Crippen LogP contribution in [0.5, 0.6) is 0 Å². The van der Waals surface area contributed by atoms with E-state index >= 15 is 0 Å². The molecule has 0 spiro atoms. The van der Waals surface area contributed by atoms with Crippen LogP contribution < -0.4 is 11.1 Å². The fourth-order valence-corrected chi connectivity index (χ4v) is 2.08. The number of aromatic nitrogens is 1. The van der Waals surface area contributed by atoms with Crippen LogP contribution in [0.1, 0.15) is 13.3 Å². The van der Waals surface area contributed by atoms with Crippen LogP contribution in [0.3, 0.4) is 0 Å². The van der Waals surface area contributed by atoms with E-state index in [4.69, 9.17) is 5.73 Å². The second kappa shape index (κ2) is 5.46. The highest BCUT2D eigenvalue weighted by atomic mass is 79.9. The lowest BCUT2D eigenvalue weighted by atomic mass is 10.2. The smallest absolute Gasteiger partial charge is 0.225 e. The van der Waals surface area contributed by atoms with Gasteiger partial charge in [-0.1, -0.05) is 12.1 Å². The van der Waals surface area contributed by atoms with E-state index in [2.05, 4.69) is 26.2 Å². The van der Waals surface area contributed by atoms with Crippen molar-refractivity contribution in [3.8, 4) is 0 Å². The summed E-state index contributed by atoms with van der Waals surface area (Å²) in [5.41, 5.74) is 7.09. The summed E-state index contributed by atoms with van der Waals surface area (Å²) in [4.78, 5) is 16.0. The lowest BCUT2D eigenvalue weighted by Crippen LogP contribution is -2.24. The zero-order chi connectivity index (χ0) is 13.1. The monoisotopic (exact) mass is 307 g/mol. The molecular formula is C13H14BrN3O. The molecule has 1 amide bonds. The molecule has 18 heavy (non-hydrogen) atoms. The molecule has 3 N–H and O–H groups in total. The van der Waals surface area contributed by atoms with Gasteiger partial charge in [0.2, 0.25) is 5.91 Å². The van der Waals surface area contributed by atoms with Crippen LogP contribution in [0.2, 0.25) is 0 Å². The van der Waals surface area contributed by atoms with Gasteiger partial charge in [-0.05, 0) is 35.0 Å². The number of nitrogens with two attached hydrogens (primary N) is 1. The Morgan fingerprint density at radius 2 is 2.33 bits per heavy atom. The number of hydrogen-bond donors (Lipinski definition) is 2. The molecule has 0 saturated carbocycles. The Balaban J connectivity index is 2.31. The fraction of sp³-hybridized carbons (Fsp3) is 0.231. The first kappa shape index (κ1) is 13.0. The third-order valence-corrected chi connectivity index (χ3v) is 2.89. The van der Waals surface area contributed by atoms with Crippen LogP contribution >= 0.6 is 15.9 Å². The van der Waals surface area contributed by atoms with Gasteiger partial charge in [0, 0.05) is 28.5 Å². The van der Waals surface area contributed by atoms with Crippen molar-refractivity contribution >= 4 is 38.4 Å². The number of rotatable bonds is 3. The summed E-state index contributed by atoms with van der Waals surface area (Å²) >= 11 is 3.37. The standard InChI is InChI=1S/C13H14BrN3O/c1-8(15)5-12(18)17-11-4-2-3-9-6-10(14)7-16-13(9)11/h2-4,6-8H,5,15H2,1H3,(H,17,18). The zero-order valence-electron chi connectivity index (χ0n) is 9.98. The molecule has 0 radical (unpaired) electrons. The van der Waals surface area contributed by atoms with Gasteiger partial charge >= 0.3 is 0 Å². The molecule has 0 aliphatic heterocycles. The maximum atomic E-state index is 11.7. The normalized spacial score (nSPS) is 12.4. The molecule has 2 rings (SSSR count). The molecule has 5 heteroatoms. The summed E-state index contributed by atoms with van der Waals surface area (Å²) < 4.78 is 0.911. The number of halogens is 1. The quantitative estimate of drug-likeness (QED) is 0.916. The summed E-state index contributed by atoms with van der Waals surface area (Å²) in [6.45, 7) is 1.80. The van der Waals surface area contributed by atoms with Crippen LogP contribution in [0, 0.1) is 0 Å². The lowest BCUT2D eigenvalue weighted by Gasteiger charge is -2.09. The van der Waals surface area contributed by atoms with Gasteiger partial charge in [0.15, 0.2) is 0 Å². The molecule has 1 aromatic heterocycles. The molecule has 0 aliphatic rings. The zero-order valence-corrected chi connectivity index (χ0v) is 11.6. The van der Waals surface area contributed by atoms with E-state index in [0.717, 1.165) is 15.4 Å². The first-order chi connectivity index (χ1) is 8.56. The summed E-state index contributed by atoms with van der Waals surface area (Å²) in [5.74, 6) is -0.0952. The van der Waals surface area contributed by atoms with Gasteiger partial charge in [-0.15, -0.1) is 0 Å². The van der Waals surface area contributed by atoms with Crippen molar-refractivity contribution in [2.45, 2.75) is 19.4 Å². The van der Waals surface area contributed by atoms with E-state index in [-0.39, 0.29) is 11.9 Å². The molecule has 0 fully saturated rings.